The van der Waals surface area contributed by atoms with Crippen LogP contribution in [-0.4, -0.2) is 56.6 Å². The Morgan fingerprint density at radius 2 is 2.00 bits per heavy atom. The number of hydrogen-bond donors (Lipinski definition) is 1. The van der Waals surface area contributed by atoms with Crippen LogP contribution in [0, 0.1) is 0 Å². The lowest BCUT2D eigenvalue weighted by Gasteiger charge is -2.33. The van der Waals surface area contributed by atoms with Crippen LogP contribution in [0.1, 0.15) is 29.5 Å². The summed E-state index contributed by atoms with van der Waals surface area (Å²) in [6.07, 6.45) is 1.30. The van der Waals surface area contributed by atoms with Crippen molar-refractivity contribution in [2.75, 3.05) is 46.8 Å². The molecular weight excluding hydrogens is 234 g/mol. The van der Waals surface area contributed by atoms with E-state index < -0.39 is 0 Å². The molecule has 3 nitrogen and oxygen atoms in total. The zero-order chi connectivity index (χ0) is 13.2. The Kier molecular flexibility index (Phi) is 3.87. The fraction of sp³-hybridized carbons (Fsp3) is 0.625. The number of nitrogens with zero attached hydrogens (tertiary/aromatic N) is 2. The Morgan fingerprint density at radius 1 is 1.16 bits per heavy atom. The zero-order valence-corrected chi connectivity index (χ0v) is 12.1. The molecule has 2 atom stereocenters. The van der Waals surface area contributed by atoms with Gasteiger partial charge < -0.3 is 10.2 Å². The second kappa shape index (κ2) is 5.61. The summed E-state index contributed by atoms with van der Waals surface area (Å²) in [7, 11) is 4.46. The molecule has 0 amide bonds. The van der Waals surface area contributed by atoms with Crippen molar-refractivity contribution in [3.05, 3.63) is 35.4 Å². The molecule has 0 radical (unpaired) electrons. The van der Waals surface area contributed by atoms with Gasteiger partial charge in [0, 0.05) is 32.2 Å². The van der Waals surface area contributed by atoms with Crippen molar-refractivity contribution in [3.8, 4) is 0 Å². The van der Waals surface area contributed by atoms with Gasteiger partial charge in [0.25, 0.3) is 0 Å². The topological polar surface area (TPSA) is 18.5 Å². The van der Waals surface area contributed by atoms with Gasteiger partial charge in [-0.05, 0) is 44.1 Å². The lowest BCUT2D eigenvalue weighted by Crippen LogP contribution is -2.43. The second-order valence-corrected chi connectivity index (χ2v) is 6.12. The number of hydrogen-bond acceptors (Lipinski definition) is 3. The van der Waals surface area contributed by atoms with Gasteiger partial charge in [-0.1, -0.05) is 24.3 Å². The average Bonchev–Trinajstić information content (AvgIpc) is 2.86. The molecule has 2 heterocycles. The number of likely N-dealkylation sites (N-methyl/N-ethyl adjacent to an activating group) is 2. The minimum Gasteiger partial charge on any atom is -0.314 e. The Balaban J connectivity index is 1.79. The molecule has 0 bridgehead atoms. The van der Waals surface area contributed by atoms with Crippen LogP contribution in [0.5, 0.6) is 0 Å². The van der Waals surface area contributed by atoms with E-state index >= 15 is 0 Å². The first-order valence-corrected chi connectivity index (χ1v) is 7.43. The van der Waals surface area contributed by atoms with E-state index in [0.717, 1.165) is 25.6 Å². The maximum Gasteiger partial charge on any atom is 0.0470 e. The predicted octanol–water partition coefficient (Wildman–Crippen LogP) is 1.68. The van der Waals surface area contributed by atoms with Gasteiger partial charge in [-0.15, -0.1) is 0 Å². The highest BCUT2D eigenvalue weighted by Gasteiger charge is 2.24. The van der Waals surface area contributed by atoms with E-state index in [1.165, 1.54) is 30.6 Å². The van der Waals surface area contributed by atoms with Gasteiger partial charge in [0.15, 0.2) is 0 Å². The molecule has 2 aliphatic heterocycles. The highest BCUT2D eigenvalue weighted by Crippen LogP contribution is 2.29. The van der Waals surface area contributed by atoms with Crippen LogP contribution in [0.2, 0.25) is 0 Å². The fourth-order valence-electron chi connectivity index (χ4n) is 3.41. The molecule has 0 saturated carbocycles. The standard InChI is InChI=1S/C16H25N3/c1-18-8-6-15(12-18)13-4-3-5-14(10-13)16-11-17-7-9-19(16)2/h3-5,10,15-17H,6-9,11-12H2,1-2H3. The summed E-state index contributed by atoms with van der Waals surface area (Å²) in [5.41, 5.74) is 3.00. The third-order valence-corrected chi connectivity index (χ3v) is 4.67. The highest BCUT2D eigenvalue weighted by molar-refractivity contribution is 5.30. The van der Waals surface area contributed by atoms with Crippen molar-refractivity contribution >= 4 is 0 Å². The second-order valence-electron chi connectivity index (χ2n) is 6.12. The smallest absolute Gasteiger partial charge is 0.0470 e. The Morgan fingerprint density at radius 3 is 2.74 bits per heavy atom. The van der Waals surface area contributed by atoms with E-state index in [1.807, 2.05) is 0 Å². The molecule has 2 saturated heterocycles. The summed E-state index contributed by atoms with van der Waals surface area (Å²) in [5, 5.41) is 3.51. The molecule has 104 valence electrons. The Bertz CT molecular complexity index is 432. The Hall–Kier alpha value is -0.900. The summed E-state index contributed by atoms with van der Waals surface area (Å²) >= 11 is 0. The molecule has 19 heavy (non-hydrogen) atoms. The predicted molar refractivity (Wildman–Crippen MR) is 79.5 cm³/mol. The summed E-state index contributed by atoms with van der Waals surface area (Å²) in [5.74, 6) is 0.729. The lowest BCUT2D eigenvalue weighted by atomic mass is 9.94. The van der Waals surface area contributed by atoms with Crippen molar-refractivity contribution in [2.45, 2.75) is 18.4 Å². The molecule has 1 aromatic carbocycles. The normalized spacial score (nSPS) is 29.8. The zero-order valence-electron chi connectivity index (χ0n) is 12.1. The van der Waals surface area contributed by atoms with Gasteiger partial charge >= 0.3 is 0 Å². The van der Waals surface area contributed by atoms with Gasteiger partial charge in [-0.2, -0.15) is 0 Å². The molecule has 0 aliphatic carbocycles. The Labute approximate surface area is 116 Å². The number of benzene rings is 1. The molecule has 3 heteroatoms. The van der Waals surface area contributed by atoms with E-state index in [0.29, 0.717) is 6.04 Å². The molecule has 2 fully saturated rings. The van der Waals surface area contributed by atoms with Crippen molar-refractivity contribution in [1.82, 2.24) is 15.1 Å². The van der Waals surface area contributed by atoms with Crippen LogP contribution >= 0.6 is 0 Å². The molecule has 3 rings (SSSR count). The first-order valence-electron chi connectivity index (χ1n) is 7.43. The number of piperazine rings is 1. The van der Waals surface area contributed by atoms with Crippen LogP contribution in [-0.2, 0) is 0 Å². The van der Waals surface area contributed by atoms with Gasteiger partial charge in [-0.25, -0.2) is 0 Å². The fourth-order valence-corrected chi connectivity index (χ4v) is 3.41. The van der Waals surface area contributed by atoms with Crippen LogP contribution in [0.4, 0.5) is 0 Å². The molecule has 1 aromatic rings. The molecular formula is C16H25N3. The van der Waals surface area contributed by atoms with E-state index in [4.69, 9.17) is 0 Å². The van der Waals surface area contributed by atoms with Crippen LogP contribution in [0.15, 0.2) is 24.3 Å². The van der Waals surface area contributed by atoms with E-state index in [9.17, 15) is 0 Å². The summed E-state index contributed by atoms with van der Waals surface area (Å²) < 4.78 is 0. The number of rotatable bonds is 2. The largest absolute Gasteiger partial charge is 0.314 e. The number of nitrogens with one attached hydrogen (secondary N) is 1. The lowest BCUT2D eigenvalue weighted by molar-refractivity contribution is 0.202. The van der Waals surface area contributed by atoms with Gasteiger partial charge in [0.2, 0.25) is 0 Å². The first-order chi connectivity index (χ1) is 9.24. The van der Waals surface area contributed by atoms with Crippen molar-refractivity contribution in [2.24, 2.45) is 0 Å². The minimum absolute atomic E-state index is 0.535. The average molecular weight is 259 g/mol. The van der Waals surface area contributed by atoms with Crippen molar-refractivity contribution < 1.29 is 0 Å². The van der Waals surface area contributed by atoms with Gasteiger partial charge in [0.1, 0.15) is 0 Å². The maximum absolute atomic E-state index is 3.51. The van der Waals surface area contributed by atoms with Crippen LogP contribution in [0.25, 0.3) is 0 Å². The van der Waals surface area contributed by atoms with Gasteiger partial charge in [0.05, 0.1) is 0 Å². The third-order valence-electron chi connectivity index (χ3n) is 4.67. The number of likely N-dealkylation sites (tertiary alicyclic amines) is 1. The molecule has 2 aliphatic rings. The SMILES string of the molecule is CN1CCC(c2cccc(C3CNCCN3C)c2)C1. The maximum atomic E-state index is 3.51. The summed E-state index contributed by atoms with van der Waals surface area (Å²) in [6.45, 7) is 5.77. The third kappa shape index (κ3) is 2.83. The molecule has 0 spiro atoms. The van der Waals surface area contributed by atoms with Crippen LogP contribution < -0.4 is 5.32 Å². The van der Waals surface area contributed by atoms with E-state index in [1.54, 1.807) is 0 Å². The molecule has 0 aromatic heterocycles. The first kappa shape index (κ1) is 13.1. The van der Waals surface area contributed by atoms with Crippen molar-refractivity contribution in [1.29, 1.82) is 0 Å². The van der Waals surface area contributed by atoms with E-state index in [2.05, 4.69) is 53.5 Å². The minimum atomic E-state index is 0.535. The van der Waals surface area contributed by atoms with Crippen molar-refractivity contribution in [3.63, 3.8) is 0 Å². The molecule has 2 unspecified atom stereocenters. The quantitative estimate of drug-likeness (QED) is 0.872. The molecule has 1 N–H and O–H groups in total. The van der Waals surface area contributed by atoms with E-state index in [-0.39, 0.29) is 0 Å². The monoisotopic (exact) mass is 259 g/mol. The summed E-state index contributed by atoms with van der Waals surface area (Å²) in [6, 6.07) is 9.82. The highest BCUT2D eigenvalue weighted by atomic mass is 15.2. The van der Waals surface area contributed by atoms with Gasteiger partial charge in [-0.3, -0.25) is 4.90 Å². The summed E-state index contributed by atoms with van der Waals surface area (Å²) in [4.78, 5) is 4.90. The van der Waals surface area contributed by atoms with Crippen LogP contribution in [0.3, 0.4) is 0 Å².